The van der Waals surface area contributed by atoms with Crippen LogP contribution in [0, 0.1) is 0 Å². The van der Waals surface area contributed by atoms with Crippen molar-refractivity contribution in [2.24, 2.45) is 0 Å². The van der Waals surface area contributed by atoms with Crippen molar-refractivity contribution in [3.63, 3.8) is 0 Å². The van der Waals surface area contributed by atoms with Gasteiger partial charge >= 0.3 is 5.97 Å². The van der Waals surface area contributed by atoms with Gasteiger partial charge in [-0.2, -0.15) is 0 Å². The van der Waals surface area contributed by atoms with E-state index in [0.29, 0.717) is 17.3 Å². The van der Waals surface area contributed by atoms with E-state index in [-0.39, 0.29) is 0 Å². The molecule has 0 fully saturated rings. The van der Waals surface area contributed by atoms with E-state index >= 15 is 0 Å². The number of nitrogens with zero attached hydrogens (tertiary/aromatic N) is 2. The lowest BCUT2D eigenvalue weighted by molar-refractivity contribution is -0.142. The minimum absolute atomic E-state index is 0.426. The SMILES string of the molecule is CSC(=S)N1Cc2c(c3ccccc3n2C(=S)SC)C[C@H]1C(=O)O. The van der Waals surface area contributed by atoms with Crippen molar-refractivity contribution in [1.82, 2.24) is 9.47 Å². The fraction of sp³-hybridized carbons (Fsp3) is 0.312. The van der Waals surface area contributed by atoms with E-state index in [1.54, 1.807) is 4.90 Å². The Hall–Kier alpha value is -1.09. The molecular weight excluding hydrogens is 380 g/mol. The topological polar surface area (TPSA) is 45.5 Å². The molecule has 0 spiro atoms. The molecule has 1 aliphatic heterocycles. The quantitative estimate of drug-likeness (QED) is 0.739. The smallest absolute Gasteiger partial charge is 0.326 e. The first kappa shape index (κ1) is 17.7. The number of benzene rings is 1. The zero-order chi connectivity index (χ0) is 17.4. The number of carboxylic acids is 1. The van der Waals surface area contributed by atoms with E-state index in [2.05, 4.69) is 4.57 Å². The minimum Gasteiger partial charge on any atom is -0.480 e. The lowest BCUT2D eigenvalue weighted by Crippen LogP contribution is -2.47. The molecular formula is C16H16N2O2S4. The summed E-state index contributed by atoms with van der Waals surface area (Å²) in [6.45, 7) is 0.460. The molecule has 0 amide bonds. The normalized spacial score (nSPS) is 16.9. The number of hydrogen-bond acceptors (Lipinski definition) is 5. The molecule has 8 heteroatoms. The maximum atomic E-state index is 11.8. The molecule has 0 radical (unpaired) electrons. The third-order valence-corrected chi connectivity index (χ3v) is 6.77. The number of carbonyl (C=O) groups is 1. The zero-order valence-electron chi connectivity index (χ0n) is 13.2. The molecule has 0 saturated heterocycles. The van der Waals surface area contributed by atoms with Crippen LogP contribution in [0.25, 0.3) is 10.9 Å². The number of fused-ring (bicyclic) bond motifs is 3. The molecule has 126 valence electrons. The van der Waals surface area contributed by atoms with Gasteiger partial charge in [0.25, 0.3) is 0 Å². The summed E-state index contributed by atoms with van der Waals surface area (Å²) in [5.41, 5.74) is 3.14. The van der Waals surface area contributed by atoms with Crippen LogP contribution in [0.1, 0.15) is 11.3 Å². The second-order valence-corrected chi connectivity index (χ2v) is 8.28. The standard InChI is InChI=1S/C16H16N2O2S4/c1-23-15(21)17-8-13-10(7-12(17)14(19)20)9-5-3-4-6-11(9)18(13)16(22)24-2/h3-6,12H,7-8H2,1-2H3,(H,19,20)/t12-/m0/s1. The van der Waals surface area contributed by atoms with Crippen LogP contribution in [0.15, 0.2) is 24.3 Å². The zero-order valence-corrected chi connectivity index (χ0v) is 16.4. The van der Waals surface area contributed by atoms with Crippen LogP contribution in [0.5, 0.6) is 0 Å². The number of thiocarbonyl (C=S) groups is 2. The Labute approximate surface area is 159 Å². The summed E-state index contributed by atoms with van der Waals surface area (Å²) in [4.78, 5) is 13.6. The fourth-order valence-electron chi connectivity index (χ4n) is 3.16. The van der Waals surface area contributed by atoms with E-state index in [0.717, 1.165) is 26.5 Å². The number of hydrogen-bond donors (Lipinski definition) is 1. The predicted molar refractivity (Wildman–Crippen MR) is 110 cm³/mol. The third kappa shape index (κ3) is 2.85. The van der Waals surface area contributed by atoms with Crippen molar-refractivity contribution in [3.05, 3.63) is 35.5 Å². The average molecular weight is 397 g/mol. The Bertz CT molecular complexity index is 846. The summed E-state index contributed by atoms with van der Waals surface area (Å²) in [7, 11) is 0. The van der Waals surface area contributed by atoms with E-state index in [1.807, 2.05) is 36.8 Å². The van der Waals surface area contributed by atoms with E-state index in [9.17, 15) is 9.90 Å². The van der Waals surface area contributed by atoms with Crippen molar-refractivity contribution < 1.29 is 9.90 Å². The van der Waals surface area contributed by atoms with Crippen LogP contribution in [0.4, 0.5) is 0 Å². The van der Waals surface area contributed by atoms with Crippen molar-refractivity contribution in [1.29, 1.82) is 0 Å². The van der Waals surface area contributed by atoms with Crippen LogP contribution in [0.3, 0.4) is 0 Å². The average Bonchev–Trinajstić information content (AvgIpc) is 2.92. The highest BCUT2D eigenvalue weighted by Crippen LogP contribution is 2.35. The van der Waals surface area contributed by atoms with Gasteiger partial charge in [0.2, 0.25) is 0 Å². The molecule has 0 aliphatic carbocycles. The van der Waals surface area contributed by atoms with Crippen LogP contribution in [0.2, 0.25) is 0 Å². The van der Waals surface area contributed by atoms with Gasteiger partial charge in [0.1, 0.15) is 14.7 Å². The predicted octanol–water partition coefficient (Wildman–Crippen LogP) is 3.60. The maximum absolute atomic E-state index is 11.8. The number of carboxylic acid groups (broad SMARTS) is 1. The molecule has 1 aromatic heterocycles. The second kappa shape index (κ2) is 7.03. The van der Waals surface area contributed by atoms with E-state index < -0.39 is 12.0 Å². The van der Waals surface area contributed by atoms with Gasteiger partial charge in [0, 0.05) is 17.5 Å². The highest BCUT2D eigenvalue weighted by molar-refractivity contribution is 8.22. The number of para-hydroxylation sites is 1. The third-order valence-electron chi connectivity index (χ3n) is 4.23. The Morgan fingerprint density at radius 2 is 1.88 bits per heavy atom. The summed E-state index contributed by atoms with van der Waals surface area (Å²) in [6, 6.07) is 7.38. The number of rotatable bonds is 1. The van der Waals surface area contributed by atoms with Gasteiger partial charge in [-0.25, -0.2) is 4.79 Å². The molecule has 1 atom stereocenters. The molecule has 1 aromatic carbocycles. The van der Waals surface area contributed by atoms with Gasteiger partial charge in [-0.1, -0.05) is 54.4 Å². The second-order valence-electron chi connectivity index (χ2n) is 5.40. The van der Waals surface area contributed by atoms with E-state index in [4.69, 9.17) is 24.4 Å². The molecule has 1 N–H and O–H groups in total. The summed E-state index contributed by atoms with van der Waals surface area (Å²) < 4.78 is 3.43. The van der Waals surface area contributed by atoms with Crippen molar-refractivity contribution in [3.8, 4) is 0 Å². The first-order valence-corrected chi connectivity index (χ1v) is 10.5. The Morgan fingerprint density at radius 3 is 2.50 bits per heavy atom. The molecule has 24 heavy (non-hydrogen) atoms. The lowest BCUT2D eigenvalue weighted by Gasteiger charge is -2.35. The van der Waals surface area contributed by atoms with Crippen LogP contribution < -0.4 is 0 Å². The Kier molecular flexibility index (Phi) is 5.19. The molecule has 2 aromatic rings. The van der Waals surface area contributed by atoms with Gasteiger partial charge in [-0.15, -0.1) is 11.8 Å². The van der Waals surface area contributed by atoms with Gasteiger partial charge < -0.3 is 10.0 Å². The first-order chi connectivity index (χ1) is 11.5. The summed E-state index contributed by atoms with van der Waals surface area (Å²) in [5.74, 6) is -0.846. The van der Waals surface area contributed by atoms with E-state index in [1.165, 1.54) is 23.5 Å². The van der Waals surface area contributed by atoms with Gasteiger partial charge in [0.15, 0.2) is 0 Å². The summed E-state index contributed by atoms with van der Waals surface area (Å²) in [6.07, 6.45) is 4.26. The molecule has 2 heterocycles. The monoisotopic (exact) mass is 396 g/mol. The molecule has 0 unspecified atom stereocenters. The molecule has 0 bridgehead atoms. The van der Waals surface area contributed by atoms with Crippen LogP contribution >= 0.6 is 48.0 Å². The Balaban J connectivity index is 2.23. The highest BCUT2D eigenvalue weighted by atomic mass is 32.2. The molecule has 1 aliphatic rings. The van der Waals surface area contributed by atoms with Crippen LogP contribution in [-0.2, 0) is 17.8 Å². The minimum atomic E-state index is -0.846. The number of aromatic nitrogens is 1. The largest absolute Gasteiger partial charge is 0.480 e. The van der Waals surface area contributed by atoms with Crippen molar-refractivity contribution in [2.75, 3.05) is 12.5 Å². The van der Waals surface area contributed by atoms with Crippen molar-refractivity contribution in [2.45, 2.75) is 19.0 Å². The van der Waals surface area contributed by atoms with Crippen LogP contribution in [-0.4, -0.2) is 47.7 Å². The Morgan fingerprint density at radius 1 is 1.21 bits per heavy atom. The summed E-state index contributed by atoms with van der Waals surface area (Å²) in [5, 5.41) is 10.7. The lowest BCUT2D eigenvalue weighted by atomic mass is 9.97. The number of thioether (sulfide) groups is 2. The fourth-order valence-corrected chi connectivity index (χ4v) is 4.38. The number of aliphatic carboxylic acids is 1. The van der Waals surface area contributed by atoms with Gasteiger partial charge in [0.05, 0.1) is 12.1 Å². The highest BCUT2D eigenvalue weighted by Gasteiger charge is 2.36. The molecule has 4 nitrogen and oxygen atoms in total. The van der Waals surface area contributed by atoms with Gasteiger partial charge in [-0.3, -0.25) is 4.57 Å². The van der Waals surface area contributed by atoms with Crippen molar-refractivity contribution >= 4 is 73.5 Å². The molecule has 3 rings (SSSR count). The maximum Gasteiger partial charge on any atom is 0.326 e. The first-order valence-electron chi connectivity index (χ1n) is 7.26. The van der Waals surface area contributed by atoms with Gasteiger partial charge in [-0.05, 0) is 24.1 Å². The summed E-state index contributed by atoms with van der Waals surface area (Å²) >= 11 is 13.9. The molecule has 0 saturated carbocycles.